The van der Waals surface area contributed by atoms with Crippen LogP contribution in [0.1, 0.15) is 6.92 Å². The second kappa shape index (κ2) is 3.06. The van der Waals surface area contributed by atoms with Gasteiger partial charge in [0.05, 0.1) is 11.0 Å². The Balaban J connectivity index is 2.48. The SMILES string of the molecule is CC=c1cccc2c1=Nc1ccccc1-2. The Hall–Kier alpha value is -1.89. The predicted octanol–water partition coefficient (Wildman–Crippen LogP) is 2.42. The molecule has 1 heteroatoms. The summed E-state index contributed by atoms with van der Waals surface area (Å²) in [6, 6.07) is 14.6. The third-order valence-electron chi connectivity index (χ3n) is 2.80. The summed E-state index contributed by atoms with van der Waals surface area (Å²) in [4.78, 5) is 4.65. The molecule has 72 valence electrons. The highest BCUT2D eigenvalue weighted by Gasteiger charge is 2.11. The summed E-state index contributed by atoms with van der Waals surface area (Å²) in [7, 11) is 0. The molecule has 0 radical (unpaired) electrons. The van der Waals surface area contributed by atoms with Crippen LogP contribution >= 0.6 is 0 Å². The van der Waals surface area contributed by atoms with Gasteiger partial charge in [-0.15, -0.1) is 0 Å². The van der Waals surface area contributed by atoms with Crippen molar-refractivity contribution in [1.82, 2.24) is 0 Å². The second-order valence-electron chi connectivity index (χ2n) is 3.66. The fourth-order valence-electron chi connectivity index (χ4n) is 2.06. The summed E-state index contributed by atoms with van der Waals surface area (Å²) in [6.07, 6.45) is 2.11. The molecule has 0 bridgehead atoms. The largest absolute Gasteiger partial charge is 0.247 e. The van der Waals surface area contributed by atoms with E-state index < -0.39 is 0 Å². The van der Waals surface area contributed by atoms with Crippen LogP contribution in [0, 0.1) is 0 Å². The van der Waals surface area contributed by atoms with E-state index in [1.54, 1.807) is 0 Å². The molecule has 0 aromatic heterocycles. The van der Waals surface area contributed by atoms with E-state index in [2.05, 4.69) is 47.5 Å². The molecule has 0 amide bonds. The summed E-state index contributed by atoms with van der Waals surface area (Å²) in [5, 5.41) is 2.32. The van der Waals surface area contributed by atoms with Crippen LogP contribution in [0.5, 0.6) is 0 Å². The monoisotopic (exact) mass is 193 g/mol. The van der Waals surface area contributed by atoms with Crippen molar-refractivity contribution >= 4 is 11.8 Å². The molecule has 3 rings (SSSR count). The van der Waals surface area contributed by atoms with Crippen molar-refractivity contribution < 1.29 is 0 Å². The van der Waals surface area contributed by atoms with Crippen LogP contribution in [-0.2, 0) is 0 Å². The molecule has 0 atom stereocenters. The van der Waals surface area contributed by atoms with Crippen molar-refractivity contribution in [2.24, 2.45) is 4.99 Å². The van der Waals surface area contributed by atoms with Crippen molar-refractivity contribution in [1.29, 1.82) is 0 Å². The van der Waals surface area contributed by atoms with Gasteiger partial charge in [-0.05, 0) is 18.2 Å². The first-order valence-corrected chi connectivity index (χ1v) is 5.13. The van der Waals surface area contributed by atoms with Crippen LogP contribution < -0.4 is 10.6 Å². The average molecular weight is 193 g/mol. The number of rotatable bonds is 0. The first kappa shape index (κ1) is 8.42. The number of fused-ring (bicyclic) bond motifs is 3. The maximum atomic E-state index is 4.65. The van der Waals surface area contributed by atoms with E-state index in [0.29, 0.717) is 0 Å². The number of para-hydroxylation sites is 2. The molecule has 0 fully saturated rings. The zero-order valence-corrected chi connectivity index (χ0v) is 8.57. The normalized spacial score (nSPS) is 13.3. The van der Waals surface area contributed by atoms with Gasteiger partial charge >= 0.3 is 0 Å². The molecule has 0 unspecified atom stereocenters. The van der Waals surface area contributed by atoms with Gasteiger partial charge in [-0.1, -0.05) is 42.5 Å². The Morgan fingerprint density at radius 2 is 1.73 bits per heavy atom. The number of hydrogen-bond donors (Lipinski definition) is 0. The Bertz CT molecular complexity index is 639. The number of benzene rings is 2. The zero-order chi connectivity index (χ0) is 10.3. The van der Waals surface area contributed by atoms with Crippen LogP contribution in [0.3, 0.4) is 0 Å². The summed E-state index contributed by atoms with van der Waals surface area (Å²) in [6.45, 7) is 2.05. The number of hydrogen-bond acceptors (Lipinski definition) is 1. The molecule has 1 heterocycles. The quantitative estimate of drug-likeness (QED) is 0.520. The van der Waals surface area contributed by atoms with E-state index in [0.717, 1.165) is 11.0 Å². The first-order chi connectivity index (χ1) is 7.40. The lowest BCUT2D eigenvalue weighted by atomic mass is 10.1. The minimum absolute atomic E-state index is 1.09. The van der Waals surface area contributed by atoms with Crippen molar-refractivity contribution in [2.45, 2.75) is 6.92 Å². The smallest absolute Gasteiger partial charge is 0.0785 e. The molecular formula is C14H11N. The van der Waals surface area contributed by atoms with Gasteiger partial charge in [0.2, 0.25) is 0 Å². The highest BCUT2D eigenvalue weighted by atomic mass is 14.8. The fraction of sp³-hybridized carbons (Fsp3) is 0.0714. The minimum Gasteiger partial charge on any atom is -0.247 e. The van der Waals surface area contributed by atoms with Crippen LogP contribution in [0.25, 0.3) is 17.2 Å². The summed E-state index contributed by atoms with van der Waals surface area (Å²) in [5.74, 6) is 0. The molecule has 0 N–H and O–H groups in total. The van der Waals surface area contributed by atoms with E-state index in [-0.39, 0.29) is 0 Å². The Labute approximate surface area is 88.4 Å². The van der Waals surface area contributed by atoms with Gasteiger partial charge in [-0.25, -0.2) is 4.99 Å². The van der Waals surface area contributed by atoms with Crippen molar-refractivity contribution in [3.05, 3.63) is 53.0 Å². The van der Waals surface area contributed by atoms with E-state index in [1.165, 1.54) is 16.3 Å². The fourth-order valence-corrected chi connectivity index (χ4v) is 2.06. The average Bonchev–Trinajstić information content (AvgIpc) is 2.67. The van der Waals surface area contributed by atoms with E-state index >= 15 is 0 Å². The highest BCUT2D eigenvalue weighted by Crippen LogP contribution is 2.30. The van der Waals surface area contributed by atoms with Crippen molar-refractivity contribution in [2.75, 3.05) is 0 Å². The van der Waals surface area contributed by atoms with E-state index in [9.17, 15) is 0 Å². The van der Waals surface area contributed by atoms with Crippen LogP contribution in [-0.4, -0.2) is 0 Å². The predicted molar refractivity (Wildman–Crippen MR) is 62.5 cm³/mol. The number of nitrogens with zero attached hydrogens (tertiary/aromatic N) is 1. The molecule has 1 aliphatic heterocycles. The van der Waals surface area contributed by atoms with E-state index in [4.69, 9.17) is 0 Å². The van der Waals surface area contributed by atoms with Gasteiger partial charge < -0.3 is 0 Å². The maximum Gasteiger partial charge on any atom is 0.0785 e. The minimum atomic E-state index is 1.09. The summed E-state index contributed by atoms with van der Waals surface area (Å²) in [5.41, 5.74) is 3.58. The third kappa shape index (κ3) is 1.13. The van der Waals surface area contributed by atoms with Crippen molar-refractivity contribution in [3.8, 4) is 11.1 Å². The van der Waals surface area contributed by atoms with Crippen LogP contribution in [0.15, 0.2) is 47.5 Å². The Morgan fingerprint density at radius 1 is 0.933 bits per heavy atom. The first-order valence-electron chi connectivity index (χ1n) is 5.13. The molecule has 0 saturated carbocycles. The molecule has 2 aromatic carbocycles. The lowest BCUT2D eigenvalue weighted by molar-refractivity contribution is 1.37. The molecule has 0 saturated heterocycles. The summed E-state index contributed by atoms with van der Waals surface area (Å²) >= 11 is 0. The van der Waals surface area contributed by atoms with Gasteiger partial charge in [0.1, 0.15) is 0 Å². The second-order valence-corrected chi connectivity index (χ2v) is 3.66. The molecular weight excluding hydrogens is 182 g/mol. The van der Waals surface area contributed by atoms with Gasteiger partial charge in [0.25, 0.3) is 0 Å². The molecule has 1 nitrogen and oxygen atoms in total. The lowest BCUT2D eigenvalue weighted by Gasteiger charge is -1.97. The standard InChI is InChI=1S/C14H11N/c1-2-10-6-5-8-12-11-7-3-4-9-13(11)15-14(10)12/h2-9H,1H3. The van der Waals surface area contributed by atoms with Crippen LogP contribution in [0.2, 0.25) is 0 Å². The molecule has 1 aliphatic rings. The zero-order valence-electron chi connectivity index (χ0n) is 8.57. The molecule has 2 aromatic rings. The van der Waals surface area contributed by atoms with E-state index in [1.807, 2.05) is 13.0 Å². The van der Waals surface area contributed by atoms with Gasteiger partial charge in [0, 0.05) is 11.1 Å². The lowest BCUT2D eigenvalue weighted by Crippen LogP contribution is -2.23. The van der Waals surface area contributed by atoms with Gasteiger partial charge in [-0.2, -0.15) is 0 Å². The third-order valence-corrected chi connectivity index (χ3v) is 2.80. The van der Waals surface area contributed by atoms with Crippen LogP contribution in [0.4, 0.5) is 5.69 Å². The molecule has 0 aliphatic carbocycles. The molecule has 0 spiro atoms. The summed E-state index contributed by atoms with van der Waals surface area (Å²) < 4.78 is 0. The topological polar surface area (TPSA) is 12.4 Å². The molecule has 15 heavy (non-hydrogen) atoms. The van der Waals surface area contributed by atoms with Gasteiger partial charge in [0.15, 0.2) is 0 Å². The van der Waals surface area contributed by atoms with Gasteiger partial charge in [-0.3, -0.25) is 0 Å². The Kier molecular flexibility index (Phi) is 1.72. The Morgan fingerprint density at radius 3 is 2.60 bits per heavy atom. The van der Waals surface area contributed by atoms with Crippen molar-refractivity contribution in [3.63, 3.8) is 0 Å². The maximum absolute atomic E-state index is 4.65. The highest BCUT2D eigenvalue weighted by molar-refractivity contribution is 5.79.